The lowest BCUT2D eigenvalue weighted by Gasteiger charge is -2.41. The molecular weight excluding hydrogens is 188 g/mol. The van der Waals surface area contributed by atoms with Crippen molar-refractivity contribution >= 4 is 10.0 Å². The summed E-state index contributed by atoms with van der Waals surface area (Å²) in [5, 5.41) is 3.30. The summed E-state index contributed by atoms with van der Waals surface area (Å²) in [6.45, 7) is 7.21. The summed E-state index contributed by atoms with van der Waals surface area (Å²) in [6.07, 6.45) is 1.27. The Labute approximate surface area is 80.4 Å². The first-order valence-electron chi connectivity index (χ1n) is 4.44. The van der Waals surface area contributed by atoms with Gasteiger partial charge in [-0.05, 0) is 20.8 Å². The third-order valence-corrected chi connectivity index (χ3v) is 3.69. The summed E-state index contributed by atoms with van der Waals surface area (Å²) in [4.78, 5) is 0. The molecule has 1 saturated heterocycles. The van der Waals surface area contributed by atoms with Crippen LogP contribution in [0.3, 0.4) is 0 Å². The van der Waals surface area contributed by atoms with Gasteiger partial charge >= 0.3 is 0 Å². The third kappa shape index (κ3) is 2.65. The van der Waals surface area contributed by atoms with Gasteiger partial charge in [0.25, 0.3) is 0 Å². The Morgan fingerprint density at radius 1 is 1.46 bits per heavy atom. The van der Waals surface area contributed by atoms with Crippen LogP contribution < -0.4 is 5.32 Å². The predicted molar refractivity (Wildman–Crippen MR) is 53.1 cm³/mol. The van der Waals surface area contributed by atoms with E-state index in [1.54, 1.807) is 4.31 Å². The van der Waals surface area contributed by atoms with Crippen LogP contribution in [0.4, 0.5) is 0 Å². The molecule has 78 valence electrons. The molecule has 1 unspecified atom stereocenters. The van der Waals surface area contributed by atoms with Gasteiger partial charge in [-0.15, -0.1) is 0 Å². The Hall–Kier alpha value is -0.130. The second-order valence-corrected chi connectivity index (χ2v) is 6.36. The third-order valence-electron chi connectivity index (χ3n) is 2.34. The number of piperazine rings is 1. The van der Waals surface area contributed by atoms with Crippen LogP contribution in [-0.4, -0.2) is 43.6 Å². The van der Waals surface area contributed by atoms with Gasteiger partial charge in [0.1, 0.15) is 0 Å². The second-order valence-electron chi connectivity index (χ2n) is 4.42. The zero-order chi connectivity index (χ0) is 10.3. The van der Waals surface area contributed by atoms with Crippen molar-refractivity contribution in [3.05, 3.63) is 0 Å². The van der Waals surface area contributed by atoms with E-state index >= 15 is 0 Å². The second kappa shape index (κ2) is 3.22. The van der Waals surface area contributed by atoms with Gasteiger partial charge in [-0.1, -0.05) is 0 Å². The van der Waals surface area contributed by atoms with Gasteiger partial charge in [-0.3, -0.25) is 0 Å². The molecule has 0 aromatic carbocycles. The van der Waals surface area contributed by atoms with Gasteiger partial charge < -0.3 is 5.32 Å². The normalized spacial score (nSPS) is 30.3. The Kier molecular flexibility index (Phi) is 2.71. The highest BCUT2D eigenvalue weighted by atomic mass is 32.2. The molecule has 13 heavy (non-hydrogen) atoms. The number of nitrogens with one attached hydrogen (secondary N) is 1. The van der Waals surface area contributed by atoms with Crippen LogP contribution in [0.1, 0.15) is 20.8 Å². The summed E-state index contributed by atoms with van der Waals surface area (Å²) in [5.41, 5.74) is -0.115. The van der Waals surface area contributed by atoms with Gasteiger partial charge in [-0.25, -0.2) is 8.42 Å². The lowest BCUT2D eigenvalue weighted by molar-refractivity contribution is 0.185. The van der Waals surface area contributed by atoms with Crippen LogP contribution in [-0.2, 0) is 10.0 Å². The van der Waals surface area contributed by atoms with E-state index in [0.29, 0.717) is 6.54 Å². The van der Waals surface area contributed by atoms with Crippen molar-refractivity contribution in [2.45, 2.75) is 32.4 Å². The monoisotopic (exact) mass is 206 g/mol. The largest absolute Gasteiger partial charge is 0.309 e. The Morgan fingerprint density at radius 2 is 2.00 bits per heavy atom. The van der Waals surface area contributed by atoms with Gasteiger partial charge in [0.05, 0.1) is 6.26 Å². The van der Waals surface area contributed by atoms with Crippen LogP contribution in [0.5, 0.6) is 0 Å². The molecule has 0 bridgehead atoms. The molecule has 0 aromatic heterocycles. The maximum atomic E-state index is 11.4. The highest BCUT2D eigenvalue weighted by Gasteiger charge is 2.34. The number of hydrogen-bond acceptors (Lipinski definition) is 3. The van der Waals surface area contributed by atoms with Crippen molar-refractivity contribution < 1.29 is 8.42 Å². The van der Waals surface area contributed by atoms with E-state index in [2.05, 4.69) is 5.32 Å². The minimum Gasteiger partial charge on any atom is -0.309 e. The fraction of sp³-hybridized carbons (Fsp3) is 1.00. The topological polar surface area (TPSA) is 49.4 Å². The molecule has 0 amide bonds. The van der Waals surface area contributed by atoms with E-state index in [-0.39, 0.29) is 11.6 Å². The van der Waals surface area contributed by atoms with Crippen LogP contribution in [0.2, 0.25) is 0 Å². The van der Waals surface area contributed by atoms with E-state index in [9.17, 15) is 8.42 Å². The lowest BCUT2D eigenvalue weighted by atomic mass is 10.0. The maximum absolute atomic E-state index is 11.4. The summed E-state index contributed by atoms with van der Waals surface area (Å²) >= 11 is 0. The predicted octanol–water partition coefficient (Wildman–Crippen LogP) is 0.0183. The SMILES string of the molecule is CC1CNC(C)(C)CN1S(C)(=O)=O. The molecular formula is C8H18N2O2S. The Morgan fingerprint density at radius 3 is 2.38 bits per heavy atom. The van der Waals surface area contributed by atoms with Gasteiger partial charge in [-0.2, -0.15) is 4.31 Å². The fourth-order valence-corrected chi connectivity index (χ4v) is 2.86. The molecule has 1 fully saturated rings. The zero-order valence-corrected chi connectivity index (χ0v) is 9.48. The molecule has 0 aliphatic carbocycles. The summed E-state index contributed by atoms with van der Waals surface area (Å²) < 4.78 is 24.3. The quantitative estimate of drug-likeness (QED) is 0.658. The molecule has 1 aliphatic heterocycles. The van der Waals surface area contributed by atoms with Gasteiger partial charge in [0, 0.05) is 24.7 Å². The van der Waals surface area contributed by atoms with E-state index < -0.39 is 10.0 Å². The van der Waals surface area contributed by atoms with Gasteiger partial charge in [0.2, 0.25) is 10.0 Å². The Bertz CT molecular complexity index is 285. The van der Waals surface area contributed by atoms with Crippen LogP contribution in [0.15, 0.2) is 0 Å². The molecule has 0 spiro atoms. The highest BCUT2D eigenvalue weighted by Crippen LogP contribution is 2.17. The summed E-state index contributed by atoms with van der Waals surface area (Å²) in [6, 6.07) is 0.0584. The van der Waals surface area contributed by atoms with Crippen molar-refractivity contribution in [1.82, 2.24) is 9.62 Å². The van der Waals surface area contributed by atoms with Crippen LogP contribution in [0, 0.1) is 0 Å². The maximum Gasteiger partial charge on any atom is 0.211 e. The van der Waals surface area contributed by atoms with Crippen molar-refractivity contribution in [3.63, 3.8) is 0 Å². The first-order chi connectivity index (χ1) is 5.72. The van der Waals surface area contributed by atoms with Crippen molar-refractivity contribution in [2.75, 3.05) is 19.3 Å². The molecule has 1 atom stereocenters. The number of hydrogen-bond donors (Lipinski definition) is 1. The van der Waals surface area contributed by atoms with E-state index in [0.717, 1.165) is 6.54 Å². The van der Waals surface area contributed by atoms with Crippen molar-refractivity contribution in [1.29, 1.82) is 0 Å². The molecule has 0 saturated carbocycles. The van der Waals surface area contributed by atoms with Gasteiger partial charge in [0.15, 0.2) is 0 Å². The molecule has 0 aromatic rings. The molecule has 1 heterocycles. The summed E-state index contributed by atoms with van der Waals surface area (Å²) in [7, 11) is -3.05. The summed E-state index contributed by atoms with van der Waals surface area (Å²) in [5.74, 6) is 0. The van der Waals surface area contributed by atoms with E-state index in [4.69, 9.17) is 0 Å². The minimum absolute atomic E-state index is 0.0584. The Balaban J connectivity index is 2.84. The lowest BCUT2D eigenvalue weighted by Crippen LogP contribution is -2.61. The fourth-order valence-electron chi connectivity index (χ4n) is 1.57. The molecule has 1 rings (SSSR count). The van der Waals surface area contributed by atoms with Crippen molar-refractivity contribution in [3.8, 4) is 0 Å². The van der Waals surface area contributed by atoms with Crippen LogP contribution >= 0.6 is 0 Å². The first kappa shape index (κ1) is 10.9. The highest BCUT2D eigenvalue weighted by molar-refractivity contribution is 7.88. The molecule has 1 aliphatic rings. The molecule has 5 heteroatoms. The average molecular weight is 206 g/mol. The standard InChI is InChI=1S/C8H18N2O2S/c1-7-5-9-8(2,3)6-10(7)13(4,11)12/h7,9H,5-6H2,1-4H3. The van der Waals surface area contributed by atoms with E-state index in [1.807, 2.05) is 20.8 Å². The molecule has 1 N–H and O–H groups in total. The van der Waals surface area contributed by atoms with E-state index in [1.165, 1.54) is 6.26 Å². The number of nitrogens with zero attached hydrogens (tertiary/aromatic N) is 1. The minimum atomic E-state index is -3.05. The number of rotatable bonds is 1. The zero-order valence-electron chi connectivity index (χ0n) is 8.66. The molecule has 4 nitrogen and oxygen atoms in total. The average Bonchev–Trinajstić information content (AvgIpc) is 1.92. The smallest absolute Gasteiger partial charge is 0.211 e. The van der Waals surface area contributed by atoms with Crippen LogP contribution in [0.25, 0.3) is 0 Å². The first-order valence-corrected chi connectivity index (χ1v) is 6.29. The molecule has 0 radical (unpaired) electrons. The van der Waals surface area contributed by atoms with Crippen molar-refractivity contribution in [2.24, 2.45) is 0 Å². The number of sulfonamides is 1.